The molecule has 2 N–H and O–H groups in total. The molecule has 2 saturated heterocycles. The maximum Gasteiger partial charge on any atom is 0.315 e. The quantitative estimate of drug-likeness (QED) is 0.858. The van der Waals surface area contributed by atoms with E-state index in [4.69, 9.17) is 4.74 Å². The second-order valence-corrected chi connectivity index (χ2v) is 7.08. The Kier molecular flexibility index (Phi) is 5.28. The second-order valence-electron chi connectivity index (χ2n) is 5.88. The van der Waals surface area contributed by atoms with Gasteiger partial charge in [-0.2, -0.15) is 0 Å². The Morgan fingerprint density at radius 1 is 1.55 bits per heavy atom. The van der Waals surface area contributed by atoms with Crippen molar-refractivity contribution >= 4 is 17.4 Å². The third kappa shape index (κ3) is 3.97. The van der Waals surface area contributed by atoms with Crippen molar-refractivity contribution < 1.29 is 9.53 Å². The molecule has 3 heterocycles. The van der Waals surface area contributed by atoms with Crippen LogP contribution in [0.1, 0.15) is 29.7 Å². The van der Waals surface area contributed by atoms with Crippen LogP contribution in [0.25, 0.3) is 0 Å². The summed E-state index contributed by atoms with van der Waals surface area (Å²) in [5.41, 5.74) is 0. The minimum atomic E-state index is -0.152. The Bertz CT molecular complexity index is 507. The first-order valence-corrected chi connectivity index (χ1v) is 8.87. The number of urea groups is 1. The Morgan fingerprint density at radius 3 is 3.27 bits per heavy atom. The van der Waals surface area contributed by atoms with E-state index < -0.39 is 0 Å². The zero-order valence-electron chi connectivity index (χ0n) is 13.0. The minimum Gasteiger partial charge on any atom is -0.373 e. The van der Waals surface area contributed by atoms with E-state index in [9.17, 15) is 4.79 Å². The third-order valence-electron chi connectivity index (χ3n) is 4.30. The normalized spacial score (nSPS) is 25.0. The van der Waals surface area contributed by atoms with Crippen LogP contribution in [0.3, 0.4) is 0 Å². The smallest absolute Gasteiger partial charge is 0.315 e. The number of hydrogen-bond acceptors (Lipinski definition) is 5. The molecule has 0 radical (unpaired) electrons. The predicted octanol–water partition coefficient (Wildman–Crippen LogP) is 1.37. The van der Waals surface area contributed by atoms with E-state index in [2.05, 4.69) is 27.4 Å². The summed E-state index contributed by atoms with van der Waals surface area (Å²) >= 11 is 1.65. The highest BCUT2D eigenvalue weighted by molar-refractivity contribution is 7.11. The summed E-state index contributed by atoms with van der Waals surface area (Å²) in [5.74, 6) is 0. The fraction of sp³-hybridized carbons (Fsp3) is 0.733. The van der Waals surface area contributed by atoms with Crippen LogP contribution in [-0.2, 0) is 17.7 Å². The molecule has 6 nitrogen and oxygen atoms in total. The number of aromatic nitrogens is 1. The lowest BCUT2D eigenvalue weighted by Crippen LogP contribution is -2.51. The van der Waals surface area contributed by atoms with Gasteiger partial charge in [-0.3, -0.25) is 4.90 Å². The number of nitrogens with zero attached hydrogens (tertiary/aromatic N) is 2. The molecule has 7 heteroatoms. The zero-order chi connectivity index (χ0) is 15.4. The summed E-state index contributed by atoms with van der Waals surface area (Å²) in [6, 6.07) is 0.447. The standard InChI is InChI=1S/C15H24N4O2S/c1-2-13-7-16-14(22-13)8-18-15(20)17-6-12-9-19-5-3-4-11(19)10-21-12/h7,11-12H,2-6,8-10H2,1H3,(H2,17,18,20)/t11-,12+/m1/s1. The summed E-state index contributed by atoms with van der Waals surface area (Å²) in [4.78, 5) is 19.9. The van der Waals surface area contributed by atoms with Gasteiger partial charge >= 0.3 is 6.03 Å². The molecule has 122 valence electrons. The Labute approximate surface area is 135 Å². The van der Waals surface area contributed by atoms with Crippen LogP contribution in [0.5, 0.6) is 0 Å². The maximum absolute atomic E-state index is 11.8. The van der Waals surface area contributed by atoms with Crippen LogP contribution >= 0.6 is 11.3 Å². The van der Waals surface area contributed by atoms with Crippen molar-refractivity contribution in [2.75, 3.05) is 26.2 Å². The highest BCUT2D eigenvalue weighted by Crippen LogP contribution is 2.22. The topological polar surface area (TPSA) is 66.5 Å². The number of thiazole rings is 1. The molecule has 2 amide bonds. The zero-order valence-corrected chi connectivity index (χ0v) is 13.8. The molecule has 2 atom stereocenters. The predicted molar refractivity (Wildman–Crippen MR) is 86.1 cm³/mol. The first-order chi connectivity index (χ1) is 10.7. The number of ether oxygens (including phenoxy) is 1. The van der Waals surface area contributed by atoms with Gasteiger partial charge in [0, 0.05) is 30.2 Å². The van der Waals surface area contributed by atoms with Gasteiger partial charge < -0.3 is 15.4 Å². The summed E-state index contributed by atoms with van der Waals surface area (Å²) in [6.45, 7) is 6.04. The summed E-state index contributed by atoms with van der Waals surface area (Å²) < 4.78 is 5.83. The van der Waals surface area contributed by atoms with E-state index in [1.165, 1.54) is 24.3 Å². The lowest BCUT2D eigenvalue weighted by Gasteiger charge is -2.35. The summed E-state index contributed by atoms with van der Waals surface area (Å²) in [7, 11) is 0. The molecule has 0 aliphatic carbocycles. The number of carbonyl (C=O) groups excluding carboxylic acids is 1. The number of fused-ring (bicyclic) bond motifs is 1. The molecule has 0 saturated carbocycles. The highest BCUT2D eigenvalue weighted by atomic mass is 32.1. The third-order valence-corrected chi connectivity index (χ3v) is 5.44. The maximum atomic E-state index is 11.8. The van der Waals surface area contributed by atoms with Gasteiger partial charge in [-0.05, 0) is 25.8 Å². The van der Waals surface area contributed by atoms with Crippen LogP contribution in [0.2, 0.25) is 0 Å². The molecular weight excluding hydrogens is 300 g/mol. The number of amides is 2. The van der Waals surface area contributed by atoms with Gasteiger partial charge in [0.1, 0.15) is 5.01 Å². The van der Waals surface area contributed by atoms with Crippen LogP contribution in [0.15, 0.2) is 6.20 Å². The Hall–Kier alpha value is -1.18. The molecule has 22 heavy (non-hydrogen) atoms. The molecule has 2 aliphatic rings. The van der Waals surface area contributed by atoms with Gasteiger partial charge in [0.05, 0.1) is 19.3 Å². The molecule has 0 aromatic carbocycles. The van der Waals surface area contributed by atoms with Gasteiger partial charge in [0.2, 0.25) is 0 Å². The van der Waals surface area contributed by atoms with Gasteiger partial charge in [-0.1, -0.05) is 6.92 Å². The van der Waals surface area contributed by atoms with Crippen molar-refractivity contribution in [2.24, 2.45) is 0 Å². The van der Waals surface area contributed by atoms with E-state index in [0.29, 0.717) is 19.1 Å². The van der Waals surface area contributed by atoms with E-state index in [1.54, 1.807) is 11.3 Å². The molecule has 0 unspecified atom stereocenters. The average molecular weight is 324 g/mol. The van der Waals surface area contributed by atoms with Crippen molar-refractivity contribution in [3.63, 3.8) is 0 Å². The molecule has 1 aromatic rings. The number of morpholine rings is 1. The second kappa shape index (κ2) is 7.39. The van der Waals surface area contributed by atoms with Gasteiger partial charge in [0.15, 0.2) is 0 Å². The van der Waals surface area contributed by atoms with Gasteiger partial charge in [0.25, 0.3) is 0 Å². The number of hydrogen-bond donors (Lipinski definition) is 2. The van der Waals surface area contributed by atoms with Gasteiger partial charge in [-0.25, -0.2) is 9.78 Å². The van der Waals surface area contributed by atoms with E-state index in [1.807, 2.05) is 6.20 Å². The molecule has 0 bridgehead atoms. The first-order valence-electron chi connectivity index (χ1n) is 8.05. The Morgan fingerprint density at radius 2 is 2.45 bits per heavy atom. The lowest BCUT2D eigenvalue weighted by atomic mass is 10.2. The van der Waals surface area contributed by atoms with Crippen molar-refractivity contribution in [1.29, 1.82) is 0 Å². The fourth-order valence-corrected chi connectivity index (χ4v) is 3.83. The molecule has 0 spiro atoms. The van der Waals surface area contributed by atoms with Crippen molar-refractivity contribution in [2.45, 2.75) is 44.9 Å². The molecule has 2 aliphatic heterocycles. The number of aryl methyl sites for hydroxylation is 1. The van der Waals surface area contributed by atoms with Crippen LogP contribution in [0.4, 0.5) is 4.79 Å². The minimum absolute atomic E-state index is 0.103. The number of carbonyl (C=O) groups is 1. The molecule has 2 fully saturated rings. The largest absolute Gasteiger partial charge is 0.373 e. The molecule has 3 rings (SSSR count). The van der Waals surface area contributed by atoms with Crippen molar-refractivity contribution in [3.05, 3.63) is 16.1 Å². The van der Waals surface area contributed by atoms with E-state index in [-0.39, 0.29) is 12.1 Å². The molecular formula is C15H24N4O2S. The summed E-state index contributed by atoms with van der Waals surface area (Å²) in [5, 5.41) is 6.69. The molecule has 1 aromatic heterocycles. The SMILES string of the molecule is CCc1cnc(CNC(=O)NC[C@H]2CN3CCC[C@@H]3CO2)s1. The van der Waals surface area contributed by atoms with Crippen LogP contribution in [-0.4, -0.2) is 54.3 Å². The van der Waals surface area contributed by atoms with Gasteiger partial charge in [-0.15, -0.1) is 11.3 Å². The Balaban J connectivity index is 1.35. The van der Waals surface area contributed by atoms with E-state index >= 15 is 0 Å². The summed E-state index contributed by atoms with van der Waals surface area (Å²) in [6.07, 6.45) is 5.48. The van der Waals surface area contributed by atoms with Crippen LogP contribution < -0.4 is 10.6 Å². The van der Waals surface area contributed by atoms with Crippen LogP contribution in [0, 0.1) is 0 Å². The number of nitrogens with one attached hydrogen (secondary N) is 2. The lowest BCUT2D eigenvalue weighted by molar-refractivity contribution is -0.0457. The van der Waals surface area contributed by atoms with Crippen molar-refractivity contribution in [3.8, 4) is 0 Å². The average Bonchev–Trinajstić information content (AvgIpc) is 3.19. The highest BCUT2D eigenvalue weighted by Gasteiger charge is 2.32. The van der Waals surface area contributed by atoms with Crippen molar-refractivity contribution in [1.82, 2.24) is 20.5 Å². The first kappa shape index (κ1) is 15.7. The fourth-order valence-electron chi connectivity index (χ4n) is 3.03. The monoisotopic (exact) mass is 324 g/mol. The number of rotatable bonds is 5. The van der Waals surface area contributed by atoms with E-state index in [0.717, 1.165) is 24.6 Å².